The van der Waals surface area contributed by atoms with Crippen molar-refractivity contribution in [3.05, 3.63) is 30.6 Å². The van der Waals surface area contributed by atoms with Crippen molar-refractivity contribution >= 4 is 0 Å². The third-order valence-electron chi connectivity index (χ3n) is 0.865. The Labute approximate surface area is 77.1 Å². The molecule has 0 N–H and O–H groups in total. The highest BCUT2D eigenvalue weighted by atomic mass is 14.9. The molecule has 0 saturated heterocycles. The molecule has 0 radical (unpaired) electrons. The molecule has 0 bridgehead atoms. The second-order valence-electron chi connectivity index (χ2n) is 2.25. The molecule has 0 saturated carbocycles. The van der Waals surface area contributed by atoms with E-state index in [0.29, 0.717) is 0 Å². The molecular weight excluding hydrogens is 146 g/mol. The molecule has 0 unspecified atom stereocenters. The van der Waals surface area contributed by atoms with E-state index in [1.54, 1.807) is 0 Å². The Kier molecular flexibility index (Phi) is 14.6. The van der Waals surface area contributed by atoms with Gasteiger partial charge in [0.1, 0.15) is 7.05 Å². The minimum absolute atomic E-state index is 1.25. The fourth-order valence-electron chi connectivity index (χ4n) is 0.485. The molecule has 0 atom stereocenters. The van der Waals surface area contributed by atoms with Crippen LogP contribution in [-0.4, -0.2) is 0 Å². The van der Waals surface area contributed by atoms with E-state index in [1.165, 1.54) is 6.42 Å². The van der Waals surface area contributed by atoms with Crippen LogP contribution in [0.2, 0.25) is 0 Å². The van der Waals surface area contributed by atoms with Crippen LogP contribution in [-0.2, 0) is 7.05 Å². The van der Waals surface area contributed by atoms with Gasteiger partial charge >= 0.3 is 0 Å². The molecule has 1 aromatic rings. The lowest BCUT2D eigenvalue weighted by atomic mass is 10.5. The van der Waals surface area contributed by atoms with Gasteiger partial charge in [-0.1, -0.05) is 40.2 Å². The Bertz CT molecular complexity index is 146. The van der Waals surface area contributed by atoms with Gasteiger partial charge < -0.3 is 0 Å². The molecule has 0 aromatic carbocycles. The Morgan fingerprint density at radius 2 is 1.25 bits per heavy atom. The summed E-state index contributed by atoms with van der Waals surface area (Å²) in [5.74, 6) is 0. The first-order valence-corrected chi connectivity index (χ1v) is 4.71. The predicted octanol–water partition coefficient (Wildman–Crippen LogP) is 2.95. The highest BCUT2D eigenvalue weighted by Gasteiger charge is 1.78. The van der Waals surface area contributed by atoms with Crippen LogP contribution in [0.4, 0.5) is 0 Å². The van der Waals surface area contributed by atoms with E-state index in [-0.39, 0.29) is 0 Å². The summed E-state index contributed by atoms with van der Waals surface area (Å²) in [6.45, 7) is 8.25. The zero-order valence-electron chi connectivity index (χ0n) is 9.04. The lowest BCUT2D eigenvalue weighted by Crippen LogP contribution is -2.25. The Morgan fingerprint density at radius 1 is 0.917 bits per heavy atom. The van der Waals surface area contributed by atoms with E-state index in [4.69, 9.17) is 0 Å². The first kappa shape index (κ1) is 13.7. The summed E-state index contributed by atoms with van der Waals surface area (Å²) in [7, 11) is 2.00. The average molecular weight is 168 g/mol. The number of aromatic nitrogens is 1. The zero-order valence-corrected chi connectivity index (χ0v) is 9.04. The van der Waals surface area contributed by atoms with Gasteiger partial charge in [0.15, 0.2) is 12.4 Å². The summed E-state index contributed by atoms with van der Waals surface area (Å²) in [6.07, 6.45) is 5.25. The van der Waals surface area contributed by atoms with E-state index < -0.39 is 0 Å². The molecular formula is C11H22N+. The Balaban J connectivity index is 0. The molecule has 12 heavy (non-hydrogen) atoms. The van der Waals surface area contributed by atoms with Gasteiger partial charge in [0.2, 0.25) is 0 Å². The second-order valence-corrected chi connectivity index (χ2v) is 2.25. The predicted molar refractivity (Wildman–Crippen MR) is 54.9 cm³/mol. The van der Waals surface area contributed by atoms with Gasteiger partial charge in [0, 0.05) is 12.1 Å². The number of pyridine rings is 1. The van der Waals surface area contributed by atoms with Gasteiger partial charge in [0.25, 0.3) is 0 Å². The molecule has 1 heteroatoms. The highest BCUT2D eigenvalue weighted by Crippen LogP contribution is 1.71. The minimum atomic E-state index is 1.25. The molecule has 0 aliphatic rings. The van der Waals surface area contributed by atoms with Gasteiger partial charge in [-0.25, -0.2) is 4.57 Å². The van der Waals surface area contributed by atoms with Crippen molar-refractivity contribution in [2.75, 3.05) is 0 Å². The molecule has 0 spiro atoms. The van der Waals surface area contributed by atoms with Gasteiger partial charge in [-0.05, 0) is 0 Å². The summed E-state index contributed by atoms with van der Waals surface area (Å²) in [4.78, 5) is 0. The minimum Gasteiger partial charge on any atom is -0.208 e. The molecule has 0 amide bonds. The average Bonchev–Trinajstić information content (AvgIpc) is 2.11. The van der Waals surface area contributed by atoms with Crippen LogP contribution in [0.15, 0.2) is 30.6 Å². The normalized spacial score (nSPS) is 7.08. The van der Waals surface area contributed by atoms with Gasteiger partial charge in [-0.3, -0.25) is 0 Å². The summed E-state index contributed by atoms with van der Waals surface area (Å²) in [5, 5.41) is 0. The quantitative estimate of drug-likeness (QED) is 0.524. The second kappa shape index (κ2) is 12.8. The van der Waals surface area contributed by atoms with Gasteiger partial charge in [-0.2, -0.15) is 0 Å². The van der Waals surface area contributed by atoms with Crippen LogP contribution in [0.5, 0.6) is 0 Å². The molecule has 0 aliphatic carbocycles. The number of aryl methyl sites for hydroxylation is 1. The van der Waals surface area contributed by atoms with Crippen molar-refractivity contribution in [2.24, 2.45) is 7.05 Å². The fourth-order valence-corrected chi connectivity index (χ4v) is 0.485. The van der Waals surface area contributed by atoms with E-state index >= 15 is 0 Å². The molecule has 1 nitrogen and oxygen atoms in total. The third kappa shape index (κ3) is 11.9. The number of rotatable bonds is 0. The SMILES string of the molecule is CC.CCC.C[n+]1ccccc1. The fraction of sp³-hybridized carbons (Fsp3) is 0.545. The highest BCUT2D eigenvalue weighted by molar-refractivity contribution is 4.83. The number of hydrogen-bond acceptors (Lipinski definition) is 0. The summed E-state index contributed by atoms with van der Waals surface area (Å²) < 4.78 is 2.00. The first-order valence-electron chi connectivity index (χ1n) is 4.71. The maximum atomic E-state index is 2.12. The maximum absolute atomic E-state index is 2.12. The van der Waals surface area contributed by atoms with Gasteiger partial charge in [-0.15, -0.1) is 0 Å². The smallest absolute Gasteiger partial charge is 0.168 e. The third-order valence-corrected chi connectivity index (χ3v) is 0.865. The topological polar surface area (TPSA) is 3.88 Å². The van der Waals surface area contributed by atoms with Crippen molar-refractivity contribution in [1.82, 2.24) is 0 Å². The zero-order chi connectivity index (χ0) is 9.82. The van der Waals surface area contributed by atoms with Crippen molar-refractivity contribution in [3.8, 4) is 0 Å². The Morgan fingerprint density at radius 3 is 1.42 bits per heavy atom. The standard InChI is InChI=1S/C6H8N.C3H8.C2H6/c1-7-5-3-2-4-6-7;1-3-2;1-2/h2-6H,1H3;3H2,1-2H3;1-2H3/q+1;;. The van der Waals surface area contributed by atoms with Crippen LogP contribution >= 0.6 is 0 Å². The number of hydrogen-bond donors (Lipinski definition) is 0. The van der Waals surface area contributed by atoms with Crippen molar-refractivity contribution < 1.29 is 4.57 Å². The van der Waals surface area contributed by atoms with Gasteiger partial charge in [0.05, 0.1) is 0 Å². The van der Waals surface area contributed by atoms with Crippen LogP contribution in [0, 0.1) is 0 Å². The van der Waals surface area contributed by atoms with E-state index in [9.17, 15) is 0 Å². The molecule has 1 rings (SSSR count). The Hall–Kier alpha value is -0.850. The molecule has 0 aliphatic heterocycles. The molecule has 1 aromatic heterocycles. The largest absolute Gasteiger partial charge is 0.208 e. The van der Waals surface area contributed by atoms with E-state index in [2.05, 4.69) is 13.8 Å². The lowest BCUT2D eigenvalue weighted by Gasteiger charge is -1.77. The van der Waals surface area contributed by atoms with E-state index in [0.717, 1.165) is 0 Å². The van der Waals surface area contributed by atoms with Crippen LogP contribution in [0.1, 0.15) is 34.1 Å². The first-order chi connectivity index (χ1) is 5.81. The summed E-state index contributed by atoms with van der Waals surface area (Å²) >= 11 is 0. The summed E-state index contributed by atoms with van der Waals surface area (Å²) in [5.41, 5.74) is 0. The number of nitrogens with zero attached hydrogens (tertiary/aromatic N) is 1. The van der Waals surface area contributed by atoms with Crippen molar-refractivity contribution in [1.29, 1.82) is 0 Å². The van der Waals surface area contributed by atoms with Crippen LogP contribution < -0.4 is 4.57 Å². The van der Waals surface area contributed by atoms with Crippen LogP contribution in [0.3, 0.4) is 0 Å². The van der Waals surface area contributed by atoms with E-state index in [1.807, 2.05) is 56.1 Å². The lowest BCUT2D eigenvalue weighted by molar-refractivity contribution is -0.671. The maximum Gasteiger partial charge on any atom is 0.168 e. The summed E-state index contributed by atoms with van der Waals surface area (Å²) in [6, 6.07) is 6.00. The molecule has 0 fully saturated rings. The monoisotopic (exact) mass is 168 g/mol. The molecule has 70 valence electrons. The van der Waals surface area contributed by atoms with Crippen molar-refractivity contribution in [2.45, 2.75) is 34.1 Å². The molecule has 1 heterocycles. The van der Waals surface area contributed by atoms with Crippen LogP contribution in [0.25, 0.3) is 0 Å². The van der Waals surface area contributed by atoms with Crippen molar-refractivity contribution in [3.63, 3.8) is 0 Å².